The standard InChI is InChI=1S/2C15H21FN4O2S/c2*1-5-10-8(3)11(16)12(22-10)9-7-17-13-14(21-6-2)18-15(23-4)19-20(9)13/h2*7-8,10-12H,5-6H2,1-4H3/t2*8-,10-,11-,12+/m11/s1. The van der Waals surface area contributed by atoms with Gasteiger partial charge in [-0.25, -0.2) is 27.8 Å². The molecule has 0 spiro atoms. The minimum Gasteiger partial charge on any atom is -0.475 e. The molecule has 12 nitrogen and oxygen atoms in total. The van der Waals surface area contributed by atoms with Crippen molar-refractivity contribution in [1.82, 2.24) is 39.2 Å². The molecule has 6 heterocycles. The molecule has 4 aromatic rings. The van der Waals surface area contributed by atoms with Gasteiger partial charge < -0.3 is 18.9 Å². The number of alkyl halides is 2. The summed E-state index contributed by atoms with van der Waals surface area (Å²) < 4.78 is 55.5. The number of rotatable bonds is 10. The smallest absolute Gasteiger partial charge is 0.262 e. The van der Waals surface area contributed by atoms with Crippen molar-refractivity contribution in [3.05, 3.63) is 23.8 Å². The van der Waals surface area contributed by atoms with E-state index in [1.165, 1.54) is 23.5 Å². The van der Waals surface area contributed by atoms with Gasteiger partial charge in [-0.2, -0.15) is 9.97 Å². The van der Waals surface area contributed by atoms with Crippen LogP contribution in [-0.4, -0.2) is 89.4 Å². The van der Waals surface area contributed by atoms with E-state index in [0.29, 0.717) is 58.0 Å². The Kier molecular flexibility index (Phi) is 11.2. The van der Waals surface area contributed by atoms with Crippen LogP contribution in [0.15, 0.2) is 22.7 Å². The quantitative estimate of drug-likeness (QED) is 0.179. The van der Waals surface area contributed by atoms with Gasteiger partial charge in [0.15, 0.2) is 0 Å². The summed E-state index contributed by atoms with van der Waals surface area (Å²) in [5.41, 5.74) is 2.19. The average Bonchev–Trinajstić information content (AvgIpc) is 3.82. The molecular formula is C30H42F2N8O4S2. The maximum atomic E-state index is 14.7. The van der Waals surface area contributed by atoms with Gasteiger partial charge in [-0.1, -0.05) is 51.2 Å². The number of hydrogen-bond acceptors (Lipinski definition) is 12. The third-order valence-electron chi connectivity index (χ3n) is 8.39. The monoisotopic (exact) mass is 680 g/mol. The van der Waals surface area contributed by atoms with Crippen molar-refractivity contribution < 1.29 is 27.7 Å². The van der Waals surface area contributed by atoms with Gasteiger partial charge >= 0.3 is 0 Å². The fourth-order valence-electron chi connectivity index (χ4n) is 5.88. The predicted molar refractivity (Wildman–Crippen MR) is 171 cm³/mol. The molecule has 0 unspecified atom stereocenters. The highest BCUT2D eigenvalue weighted by atomic mass is 32.2. The van der Waals surface area contributed by atoms with Gasteiger partial charge in [0.1, 0.15) is 24.6 Å². The third kappa shape index (κ3) is 6.49. The van der Waals surface area contributed by atoms with Gasteiger partial charge in [-0.3, -0.25) is 0 Å². The lowest BCUT2D eigenvalue weighted by Crippen LogP contribution is -2.18. The van der Waals surface area contributed by atoms with E-state index in [0.717, 1.165) is 12.8 Å². The van der Waals surface area contributed by atoms with Crippen LogP contribution in [0.2, 0.25) is 0 Å². The molecule has 252 valence electrons. The lowest BCUT2D eigenvalue weighted by Gasteiger charge is -2.13. The van der Waals surface area contributed by atoms with E-state index in [2.05, 4.69) is 30.1 Å². The molecule has 0 N–H and O–H groups in total. The maximum Gasteiger partial charge on any atom is 0.262 e. The predicted octanol–water partition coefficient (Wildman–Crippen LogP) is 6.14. The average molecular weight is 681 g/mol. The zero-order valence-electron chi connectivity index (χ0n) is 27.4. The molecule has 2 aliphatic heterocycles. The Balaban J connectivity index is 0.000000181. The lowest BCUT2D eigenvalue weighted by molar-refractivity contribution is 0.0195. The third-order valence-corrected chi connectivity index (χ3v) is 9.47. The molecule has 0 saturated carbocycles. The first-order chi connectivity index (χ1) is 22.2. The topological polar surface area (TPSA) is 123 Å². The minimum absolute atomic E-state index is 0.0891. The van der Waals surface area contributed by atoms with Gasteiger partial charge in [0.05, 0.1) is 49.2 Å². The van der Waals surface area contributed by atoms with Crippen LogP contribution in [0.1, 0.15) is 78.0 Å². The molecule has 16 heteroatoms. The molecule has 0 aliphatic carbocycles. The van der Waals surface area contributed by atoms with E-state index < -0.39 is 24.6 Å². The van der Waals surface area contributed by atoms with Gasteiger partial charge in [-0.05, 0) is 39.2 Å². The van der Waals surface area contributed by atoms with Crippen molar-refractivity contribution in [2.45, 2.75) is 101 Å². The van der Waals surface area contributed by atoms with Crippen molar-refractivity contribution in [2.75, 3.05) is 25.7 Å². The summed E-state index contributed by atoms with van der Waals surface area (Å²) in [7, 11) is 0. The van der Waals surface area contributed by atoms with Gasteiger partial charge in [0.2, 0.25) is 21.6 Å². The second-order valence-electron chi connectivity index (χ2n) is 11.1. The first kappa shape index (κ1) is 34.5. The summed E-state index contributed by atoms with van der Waals surface area (Å²) in [6.45, 7) is 12.5. The number of thioether (sulfide) groups is 2. The van der Waals surface area contributed by atoms with Crippen LogP contribution < -0.4 is 9.47 Å². The molecule has 0 radical (unpaired) electrons. The Morgan fingerprint density at radius 2 is 1.11 bits per heavy atom. The van der Waals surface area contributed by atoms with Crippen molar-refractivity contribution >= 4 is 34.8 Å². The highest BCUT2D eigenvalue weighted by Gasteiger charge is 2.45. The van der Waals surface area contributed by atoms with Gasteiger partial charge in [-0.15, -0.1) is 10.2 Å². The summed E-state index contributed by atoms with van der Waals surface area (Å²) in [5, 5.41) is 9.96. The summed E-state index contributed by atoms with van der Waals surface area (Å²) in [6.07, 6.45) is 4.88. The number of fused-ring (bicyclic) bond motifs is 2. The lowest BCUT2D eigenvalue weighted by atomic mass is 9.97. The fourth-order valence-corrected chi connectivity index (χ4v) is 6.55. The Morgan fingerprint density at radius 3 is 1.41 bits per heavy atom. The molecule has 0 aromatic carbocycles. The summed E-state index contributed by atoms with van der Waals surface area (Å²) in [4.78, 5) is 17.3. The molecule has 2 fully saturated rings. The van der Waals surface area contributed by atoms with Crippen LogP contribution in [0.4, 0.5) is 8.78 Å². The molecule has 2 saturated heterocycles. The zero-order chi connectivity index (χ0) is 33.1. The van der Waals surface area contributed by atoms with Crippen molar-refractivity contribution in [3.63, 3.8) is 0 Å². The van der Waals surface area contributed by atoms with Crippen molar-refractivity contribution in [2.24, 2.45) is 11.8 Å². The van der Waals surface area contributed by atoms with Crippen LogP contribution in [0.3, 0.4) is 0 Å². The Bertz CT molecular complexity index is 1510. The van der Waals surface area contributed by atoms with Crippen LogP contribution in [0, 0.1) is 11.8 Å². The number of ether oxygens (including phenoxy) is 4. The first-order valence-corrected chi connectivity index (χ1v) is 18.1. The molecule has 8 atom stereocenters. The van der Waals surface area contributed by atoms with E-state index in [1.807, 2.05) is 54.1 Å². The molecule has 2 aliphatic rings. The van der Waals surface area contributed by atoms with Crippen molar-refractivity contribution in [3.8, 4) is 11.8 Å². The number of nitrogens with zero attached hydrogens (tertiary/aromatic N) is 8. The van der Waals surface area contributed by atoms with Crippen LogP contribution in [0.25, 0.3) is 11.3 Å². The first-order valence-electron chi connectivity index (χ1n) is 15.6. The SMILES string of the molecule is CCOc1nc(SC)nn2c([C@@H]3O[C@H](CC)[C@@H](C)[C@H]3F)cnc12.CCOc1nc(SC)nn2c([C@@H]3O[C@H](CC)[C@@H](C)[C@H]3F)cnc12. The summed E-state index contributed by atoms with van der Waals surface area (Å²) in [6, 6.07) is 0. The van der Waals surface area contributed by atoms with E-state index in [-0.39, 0.29) is 24.0 Å². The Hall–Kier alpha value is -2.82. The Labute approximate surface area is 275 Å². The number of aromatic nitrogens is 8. The molecule has 6 rings (SSSR count). The van der Waals surface area contributed by atoms with E-state index >= 15 is 0 Å². The molecule has 0 bridgehead atoms. The molecular weight excluding hydrogens is 639 g/mol. The largest absolute Gasteiger partial charge is 0.475 e. The van der Waals surface area contributed by atoms with Crippen LogP contribution >= 0.6 is 23.5 Å². The van der Waals surface area contributed by atoms with E-state index in [4.69, 9.17) is 18.9 Å². The van der Waals surface area contributed by atoms with Crippen LogP contribution in [0.5, 0.6) is 11.8 Å². The highest BCUT2D eigenvalue weighted by Crippen LogP contribution is 2.42. The van der Waals surface area contributed by atoms with E-state index in [1.54, 1.807) is 21.4 Å². The van der Waals surface area contributed by atoms with Gasteiger partial charge in [0, 0.05) is 11.8 Å². The second-order valence-corrected chi connectivity index (χ2v) is 12.7. The Morgan fingerprint density at radius 1 is 0.717 bits per heavy atom. The fraction of sp³-hybridized carbons (Fsp3) is 0.667. The normalized spacial score (nSPS) is 27.7. The number of imidazole rings is 2. The second kappa shape index (κ2) is 14.9. The van der Waals surface area contributed by atoms with E-state index in [9.17, 15) is 8.78 Å². The zero-order valence-corrected chi connectivity index (χ0v) is 29.0. The van der Waals surface area contributed by atoms with Crippen molar-refractivity contribution in [1.29, 1.82) is 0 Å². The molecule has 0 amide bonds. The minimum atomic E-state index is -1.08. The van der Waals surface area contributed by atoms with Crippen LogP contribution in [-0.2, 0) is 9.47 Å². The highest BCUT2D eigenvalue weighted by molar-refractivity contribution is 7.98. The molecule has 4 aromatic heterocycles. The van der Waals surface area contributed by atoms with Gasteiger partial charge in [0.25, 0.3) is 11.8 Å². The molecule has 46 heavy (non-hydrogen) atoms. The number of hydrogen-bond donors (Lipinski definition) is 0. The number of halogens is 2. The maximum absolute atomic E-state index is 14.7. The summed E-state index contributed by atoms with van der Waals surface area (Å²) in [5.74, 6) is 0.519. The summed E-state index contributed by atoms with van der Waals surface area (Å²) >= 11 is 2.80.